The van der Waals surface area contributed by atoms with E-state index in [-0.39, 0.29) is 0 Å². The lowest BCUT2D eigenvalue weighted by Gasteiger charge is -2.38. The molecular formula is C29H33NO. The highest BCUT2D eigenvalue weighted by Gasteiger charge is 2.38. The molecule has 0 radical (unpaired) electrons. The number of ether oxygens (including phenoxy) is 1. The monoisotopic (exact) mass is 411 g/mol. The molecule has 0 spiro atoms. The van der Waals surface area contributed by atoms with Crippen molar-refractivity contribution in [2.24, 2.45) is 5.92 Å². The Balaban J connectivity index is 1.37. The Kier molecular flexibility index (Phi) is 5.97. The lowest BCUT2D eigenvalue weighted by atomic mass is 9.76. The highest BCUT2D eigenvalue weighted by Crippen LogP contribution is 2.51. The molecule has 0 amide bonds. The van der Waals surface area contributed by atoms with E-state index >= 15 is 0 Å². The van der Waals surface area contributed by atoms with E-state index in [9.17, 15) is 0 Å². The molecule has 1 heterocycles. The fourth-order valence-corrected chi connectivity index (χ4v) is 5.39. The lowest BCUT2D eigenvalue weighted by molar-refractivity contribution is 0.303. The molecule has 3 unspecified atom stereocenters. The van der Waals surface area contributed by atoms with Gasteiger partial charge in [0, 0.05) is 11.6 Å². The van der Waals surface area contributed by atoms with Crippen LogP contribution in [0.2, 0.25) is 0 Å². The Labute approximate surface area is 186 Å². The standard InChI is InChI=1S/C29H33NO/c1-2-3-4-5-8-19-31-22-17-18-28-27(20-22)24-14-10-16-26(24)29(30-28)25-15-9-12-21-11-6-7-13-23(21)25/h6-7,9-15,17-18,20,24,26,29-30H,2-5,8,16,19H2,1H3. The molecule has 0 aromatic heterocycles. The zero-order valence-electron chi connectivity index (χ0n) is 18.5. The normalized spacial score (nSPS) is 21.5. The largest absolute Gasteiger partial charge is 0.494 e. The molecule has 3 aromatic rings. The van der Waals surface area contributed by atoms with Crippen LogP contribution in [0.5, 0.6) is 5.75 Å². The third-order valence-corrected chi connectivity index (χ3v) is 7.01. The Bertz CT molecular complexity index is 1060. The summed E-state index contributed by atoms with van der Waals surface area (Å²) in [6.07, 6.45) is 12.2. The van der Waals surface area contributed by atoms with Crippen molar-refractivity contribution >= 4 is 16.5 Å². The van der Waals surface area contributed by atoms with Gasteiger partial charge >= 0.3 is 0 Å². The van der Waals surface area contributed by atoms with Crippen LogP contribution in [-0.2, 0) is 0 Å². The van der Waals surface area contributed by atoms with E-state index in [2.05, 4.69) is 85.1 Å². The van der Waals surface area contributed by atoms with Gasteiger partial charge < -0.3 is 10.1 Å². The van der Waals surface area contributed by atoms with Gasteiger partial charge in [-0.1, -0.05) is 87.2 Å². The molecule has 0 saturated carbocycles. The summed E-state index contributed by atoms with van der Waals surface area (Å²) in [5.74, 6) is 2.01. The topological polar surface area (TPSA) is 21.3 Å². The summed E-state index contributed by atoms with van der Waals surface area (Å²) in [5, 5.41) is 6.58. The molecule has 1 aliphatic heterocycles. The summed E-state index contributed by atoms with van der Waals surface area (Å²) >= 11 is 0. The maximum atomic E-state index is 6.12. The van der Waals surface area contributed by atoms with Crippen LogP contribution in [0.15, 0.2) is 72.8 Å². The number of fused-ring (bicyclic) bond motifs is 4. The molecule has 0 fully saturated rings. The minimum absolute atomic E-state index is 0.323. The predicted molar refractivity (Wildman–Crippen MR) is 131 cm³/mol. The molecule has 3 atom stereocenters. The number of hydrogen-bond donors (Lipinski definition) is 1. The molecule has 31 heavy (non-hydrogen) atoms. The number of unbranched alkanes of at least 4 members (excludes halogenated alkanes) is 4. The molecular weight excluding hydrogens is 378 g/mol. The molecule has 3 aromatic carbocycles. The first-order valence-corrected chi connectivity index (χ1v) is 12.0. The van der Waals surface area contributed by atoms with Gasteiger partial charge in [0.15, 0.2) is 0 Å². The Morgan fingerprint density at radius 2 is 1.77 bits per heavy atom. The quantitative estimate of drug-likeness (QED) is 0.299. The van der Waals surface area contributed by atoms with Crippen molar-refractivity contribution < 1.29 is 4.74 Å². The van der Waals surface area contributed by atoms with E-state index in [1.165, 1.54) is 53.3 Å². The molecule has 160 valence electrons. The van der Waals surface area contributed by atoms with Crippen molar-refractivity contribution in [3.8, 4) is 5.75 Å². The van der Waals surface area contributed by atoms with Gasteiger partial charge in [-0.25, -0.2) is 0 Å². The maximum absolute atomic E-state index is 6.12. The second-order valence-electron chi connectivity index (χ2n) is 9.06. The molecule has 0 bridgehead atoms. The number of nitrogens with one attached hydrogen (secondary N) is 1. The van der Waals surface area contributed by atoms with Crippen molar-refractivity contribution in [3.05, 3.63) is 83.9 Å². The van der Waals surface area contributed by atoms with Crippen LogP contribution >= 0.6 is 0 Å². The minimum atomic E-state index is 0.323. The van der Waals surface area contributed by atoms with Crippen molar-refractivity contribution in [1.29, 1.82) is 0 Å². The van der Waals surface area contributed by atoms with Crippen LogP contribution in [0.1, 0.15) is 68.5 Å². The molecule has 2 heteroatoms. The maximum Gasteiger partial charge on any atom is 0.119 e. The fraction of sp³-hybridized carbons (Fsp3) is 0.379. The SMILES string of the molecule is CCCCCCCOc1ccc2c(c1)C1C=CCC1C(c1cccc3ccccc13)N2. The Morgan fingerprint density at radius 3 is 2.71 bits per heavy atom. The lowest BCUT2D eigenvalue weighted by Crippen LogP contribution is -2.29. The highest BCUT2D eigenvalue weighted by molar-refractivity contribution is 5.86. The number of rotatable bonds is 8. The third kappa shape index (κ3) is 4.08. The van der Waals surface area contributed by atoms with Gasteiger partial charge in [-0.15, -0.1) is 0 Å². The van der Waals surface area contributed by atoms with E-state index in [4.69, 9.17) is 4.74 Å². The van der Waals surface area contributed by atoms with Crippen LogP contribution < -0.4 is 10.1 Å². The molecule has 2 aliphatic rings. The second kappa shape index (κ2) is 9.18. The van der Waals surface area contributed by atoms with Gasteiger partial charge in [-0.3, -0.25) is 0 Å². The van der Waals surface area contributed by atoms with Crippen molar-refractivity contribution in [2.75, 3.05) is 11.9 Å². The molecule has 5 rings (SSSR count). The van der Waals surface area contributed by atoms with Crippen molar-refractivity contribution in [3.63, 3.8) is 0 Å². The number of allylic oxidation sites excluding steroid dienone is 2. The average Bonchev–Trinajstić information content (AvgIpc) is 3.31. The van der Waals surface area contributed by atoms with E-state index < -0.39 is 0 Å². The van der Waals surface area contributed by atoms with Gasteiger partial charge in [-0.2, -0.15) is 0 Å². The first-order valence-electron chi connectivity index (χ1n) is 12.0. The van der Waals surface area contributed by atoms with Crippen LogP contribution in [-0.4, -0.2) is 6.61 Å². The van der Waals surface area contributed by atoms with Gasteiger partial charge in [0.25, 0.3) is 0 Å². The van der Waals surface area contributed by atoms with Gasteiger partial charge in [0.1, 0.15) is 5.75 Å². The Morgan fingerprint density at radius 1 is 0.903 bits per heavy atom. The molecule has 1 aliphatic carbocycles. The minimum Gasteiger partial charge on any atom is -0.494 e. The predicted octanol–water partition coefficient (Wildman–Crippen LogP) is 8.02. The summed E-state index contributed by atoms with van der Waals surface area (Å²) in [6, 6.07) is 22.4. The summed E-state index contributed by atoms with van der Waals surface area (Å²) in [4.78, 5) is 0. The summed E-state index contributed by atoms with van der Waals surface area (Å²) < 4.78 is 6.12. The molecule has 1 N–H and O–H groups in total. The van der Waals surface area contributed by atoms with Crippen LogP contribution in [0, 0.1) is 5.92 Å². The van der Waals surface area contributed by atoms with E-state index in [0.29, 0.717) is 17.9 Å². The number of hydrogen-bond acceptors (Lipinski definition) is 2. The van der Waals surface area contributed by atoms with Gasteiger partial charge in [0.05, 0.1) is 12.6 Å². The zero-order valence-corrected chi connectivity index (χ0v) is 18.5. The number of benzene rings is 3. The smallest absolute Gasteiger partial charge is 0.119 e. The first-order chi connectivity index (χ1) is 15.3. The van der Waals surface area contributed by atoms with Crippen LogP contribution in [0.25, 0.3) is 10.8 Å². The second-order valence-corrected chi connectivity index (χ2v) is 9.06. The summed E-state index contributed by atoms with van der Waals surface area (Å²) in [5.41, 5.74) is 4.05. The third-order valence-electron chi connectivity index (χ3n) is 7.01. The van der Waals surface area contributed by atoms with E-state index in [1.54, 1.807) is 0 Å². The van der Waals surface area contributed by atoms with Crippen LogP contribution in [0.4, 0.5) is 5.69 Å². The Hall–Kier alpha value is -2.74. The fourth-order valence-electron chi connectivity index (χ4n) is 5.39. The van der Waals surface area contributed by atoms with Crippen molar-refractivity contribution in [1.82, 2.24) is 0 Å². The summed E-state index contributed by atoms with van der Waals surface area (Å²) in [6.45, 7) is 3.08. The zero-order chi connectivity index (χ0) is 21.0. The molecule has 0 saturated heterocycles. The number of anilines is 1. The first kappa shape index (κ1) is 20.2. The van der Waals surface area contributed by atoms with E-state index in [0.717, 1.165) is 25.2 Å². The molecule has 2 nitrogen and oxygen atoms in total. The summed E-state index contributed by atoms with van der Waals surface area (Å²) in [7, 11) is 0. The van der Waals surface area contributed by atoms with Gasteiger partial charge in [0.2, 0.25) is 0 Å². The highest BCUT2D eigenvalue weighted by atomic mass is 16.5. The van der Waals surface area contributed by atoms with Crippen LogP contribution in [0.3, 0.4) is 0 Å². The van der Waals surface area contributed by atoms with Crippen molar-refractivity contribution in [2.45, 2.75) is 57.4 Å². The van der Waals surface area contributed by atoms with E-state index in [1.807, 2.05) is 0 Å². The average molecular weight is 412 g/mol. The van der Waals surface area contributed by atoms with Gasteiger partial charge in [-0.05, 0) is 58.9 Å².